The van der Waals surface area contributed by atoms with E-state index in [1.54, 1.807) is 13.0 Å². The molecule has 0 atom stereocenters. The Kier molecular flexibility index (Phi) is 4.58. The summed E-state index contributed by atoms with van der Waals surface area (Å²) < 4.78 is 27.0. The van der Waals surface area contributed by atoms with E-state index in [1.807, 2.05) is 0 Å². The summed E-state index contributed by atoms with van der Waals surface area (Å²) in [5, 5.41) is 0.528. The molecule has 0 amide bonds. The first-order chi connectivity index (χ1) is 9.70. The van der Waals surface area contributed by atoms with Gasteiger partial charge in [-0.3, -0.25) is 4.72 Å². The molecule has 21 heavy (non-hydrogen) atoms. The molecule has 112 valence electrons. The normalized spacial score (nSPS) is 11.4. The minimum absolute atomic E-state index is 0.0210. The predicted molar refractivity (Wildman–Crippen MR) is 87.9 cm³/mol. The van der Waals surface area contributed by atoms with Crippen LogP contribution in [0.5, 0.6) is 0 Å². The third-order valence-corrected chi connectivity index (χ3v) is 4.97. The van der Waals surface area contributed by atoms with Gasteiger partial charge in [0.1, 0.15) is 0 Å². The number of hydrogen-bond acceptors (Lipinski definition) is 3. The highest BCUT2D eigenvalue weighted by atomic mass is 35.5. The summed E-state index contributed by atoms with van der Waals surface area (Å²) in [5.41, 5.74) is 6.97. The van der Waals surface area contributed by atoms with Crippen molar-refractivity contribution in [3.63, 3.8) is 0 Å². The zero-order chi connectivity index (χ0) is 15.8. The lowest BCUT2D eigenvalue weighted by Crippen LogP contribution is -2.14. The summed E-state index contributed by atoms with van der Waals surface area (Å²) >= 11 is 17.7. The molecule has 0 radical (unpaired) electrons. The van der Waals surface area contributed by atoms with Crippen molar-refractivity contribution in [2.75, 3.05) is 10.5 Å². The highest BCUT2D eigenvalue weighted by Crippen LogP contribution is 2.35. The zero-order valence-corrected chi connectivity index (χ0v) is 13.9. The summed E-state index contributed by atoms with van der Waals surface area (Å²) in [6, 6.07) is 7.24. The number of aryl methyl sites for hydroxylation is 1. The van der Waals surface area contributed by atoms with Crippen LogP contribution >= 0.6 is 34.8 Å². The van der Waals surface area contributed by atoms with Crippen molar-refractivity contribution in [3.05, 3.63) is 51.0 Å². The number of hydrogen-bond donors (Lipinski definition) is 2. The highest BCUT2D eigenvalue weighted by molar-refractivity contribution is 7.92. The molecule has 0 bridgehead atoms. The van der Waals surface area contributed by atoms with Crippen molar-refractivity contribution in [3.8, 4) is 0 Å². The fraction of sp³-hybridized carbons (Fsp3) is 0.0769. The van der Waals surface area contributed by atoms with Crippen molar-refractivity contribution in [2.45, 2.75) is 11.8 Å². The van der Waals surface area contributed by atoms with Crippen molar-refractivity contribution < 1.29 is 8.42 Å². The maximum atomic E-state index is 12.3. The quantitative estimate of drug-likeness (QED) is 0.795. The van der Waals surface area contributed by atoms with Gasteiger partial charge in [-0.25, -0.2) is 8.42 Å². The minimum Gasteiger partial charge on any atom is -0.398 e. The van der Waals surface area contributed by atoms with Gasteiger partial charge in [0, 0.05) is 10.7 Å². The summed E-state index contributed by atoms with van der Waals surface area (Å²) in [6.45, 7) is 1.78. The van der Waals surface area contributed by atoms with Gasteiger partial charge in [-0.2, -0.15) is 0 Å². The van der Waals surface area contributed by atoms with Gasteiger partial charge in [-0.1, -0.05) is 40.9 Å². The molecule has 0 aliphatic rings. The third kappa shape index (κ3) is 3.55. The fourth-order valence-electron chi connectivity index (χ4n) is 1.62. The Morgan fingerprint density at radius 3 is 2.14 bits per heavy atom. The molecule has 0 unspecified atom stereocenters. The van der Waals surface area contributed by atoms with Gasteiger partial charge >= 0.3 is 0 Å². The monoisotopic (exact) mass is 364 g/mol. The molecule has 0 fully saturated rings. The molecule has 0 saturated carbocycles. The molecule has 0 saturated heterocycles. The summed E-state index contributed by atoms with van der Waals surface area (Å²) in [5.74, 6) is 0. The van der Waals surface area contributed by atoms with E-state index >= 15 is 0 Å². The Balaban J connectivity index is 2.44. The lowest BCUT2D eigenvalue weighted by Gasteiger charge is -2.12. The van der Waals surface area contributed by atoms with Crippen LogP contribution in [-0.4, -0.2) is 8.42 Å². The molecule has 0 aliphatic carbocycles. The fourth-order valence-corrected chi connectivity index (χ4v) is 3.78. The molecule has 3 N–H and O–H groups in total. The SMILES string of the molecule is Cc1ccc(S(=O)(=O)Nc2c(Cl)cc(Cl)cc2Cl)cc1N. The van der Waals surface area contributed by atoms with Crippen LogP contribution in [0.25, 0.3) is 0 Å². The van der Waals surface area contributed by atoms with E-state index in [0.29, 0.717) is 10.7 Å². The molecule has 2 aromatic rings. The van der Waals surface area contributed by atoms with Crippen LogP contribution < -0.4 is 10.5 Å². The number of nitrogen functional groups attached to an aromatic ring is 1. The Labute approximate surface area is 137 Å². The van der Waals surface area contributed by atoms with Crippen LogP contribution in [0.2, 0.25) is 15.1 Å². The molecule has 8 heteroatoms. The van der Waals surface area contributed by atoms with E-state index in [4.69, 9.17) is 40.5 Å². The lowest BCUT2D eigenvalue weighted by molar-refractivity contribution is 0.601. The molecule has 0 aromatic heterocycles. The van der Waals surface area contributed by atoms with E-state index in [9.17, 15) is 8.42 Å². The van der Waals surface area contributed by atoms with Crippen LogP contribution in [0.15, 0.2) is 35.2 Å². The number of halogens is 3. The first-order valence-corrected chi connectivity index (χ1v) is 8.36. The van der Waals surface area contributed by atoms with E-state index in [0.717, 1.165) is 5.56 Å². The molecule has 2 rings (SSSR count). The van der Waals surface area contributed by atoms with Gasteiger partial charge in [0.15, 0.2) is 0 Å². The Hall–Kier alpha value is -1.14. The van der Waals surface area contributed by atoms with Crippen LogP contribution in [-0.2, 0) is 10.0 Å². The number of rotatable bonds is 3. The topological polar surface area (TPSA) is 72.2 Å². The number of nitrogens with one attached hydrogen (secondary N) is 1. The largest absolute Gasteiger partial charge is 0.398 e. The second-order valence-electron chi connectivity index (χ2n) is 4.37. The van der Waals surface area contributed by atoms with E-state index < -0.39 is 10.0 Å². The second kappa shape index (κ2) is 5.93. The summed E-state index contributed by atoms with van der Waals surface area (Å²) in [6.07, 6.45) is 0. The standard InChI is InChI=1S/C13H11Cl3N2O2S/c1-7-2-3-9(6-12(7)17)21(19,20)18-13-10(15)4-8(14)5-11(13)16/h2-6,18H,17H2,1H3. The molecular weight excluding hydrogens is 355 g/mol. The molecule has 2 aromatic carbocycles. The van der Waals surface area contributed by atoms with E-state index in [1.165, 1.54) is 24.3 Å². The molecule has 4 nitrogen and oxygen atoms in total. The molecule has 0 heterocycles. The van der Waals surface area contributed by atoms with Crippen LogP contribution in [0.3, 0.4) is 0 Å². The lowest BCUT2D eigenvalue weighted by atomic mass is 10.2. The maximum absolute atomic E-state index is 12.3. The Morgan fingerprint density at radius 1 is 1.05 bits per heavy atom. The van der Waals surface area contributed by atoms with Gasteiger partial charge in [0.2, 0.25) is 0 Å². The van der Waals surface area contributed by atoms with Crippen molar-refractivity contribution in [1.29, 1.82) is 0 Å². The van der Waals surface area contributed by atoms with Gasteiger partial charge in [-0.05, 0) is 36.8 Å². The summed E-state index contributed by atoms with van der Waals surface area (Å²) in [4.78, 5) is 0.0210. The number of benzene rings is 2. The molecular formula is C13H11Cl3N2O2S. The van der Waals surface area contributed by atoms with Crippen LogP contribution in [0, 0.1) is 6.92 Å². The van der Waals surface area contributed by atoms with Crippen molar-refractivity contribution >= 4 is 56.2 Å². The number of nitrogens with two attached hydrogens (primary N) is 1. The Morgan fingerprint density at radius 2 is 1.62 bits per heavy atom. The first-order valence-electron chi connectivity index (χ1n) is 5.74. The van der Waals surface area contributed by atoms with Gasteiger partial charge in [-0.15, -0.1) is 0 Å². The van der Waals surface area contributed by atoms with E-state index in [2.05, 4.69) is 4.72 Å². The van der Waals surface area contributed by atoms with Crippen molar-refractivity contribution in [2.24, 2.45) is 0 Å². The van der Waals surface area contributed by atoms with Gasteiger partial charge in [0.05, 0.1) is 20.6 Å². The molecule has 0 spiro atoms. The average molecular weight is 366 g/mol. The van der Waals surface area contributed by atoms with Gasteiger partial charge < -0.3 is 5.73 Å². The van der Waals surface area contributed by atoms with Gasteiger partial charge in [0.25, 0.3) is 10.0 Å². The predicted octanol–water partition coefficient (Wildman–Crippen LogP) is 4.34. The highest BCUT2D eigenvalue weighted by Gasteiger charge is 2.19. The van der Waals surface area contributed by atoms with Crippen LogP contribution in [0.1, 0.15) is 5.56 Å². The van der Waals surface area contributed by atoms with E-state index in [-0.39, 0.29) is 20.6 Å². The van der Waals surface area contributed by atoms with Crippen molar-refractivity contribution in [1.82, 2.24) is 0 Å². The zero-order valence-electron chi connectivity index (χ0n) is 10.8. The average Bonchev–Trinajstić information content (AvgIpc) is 2.37. The van der Waals surface area contributed by atoms with Crippen LogP contribution in [0.4, 0.5) is 11.4 Å². The summed E-state index contributed by atoms with van der Waals surface area (Å²) in [7, 11) is -3.85. The second-order valence-corrected chi connectivity index (χ2v) is 7.30. The maximum Gasteiger partial charge on any atom is 0.262 e. The smallest absolute Gasteiger partial charge is 0.262 e. The first kappa shape index (κ1) is 16.2. The number of anilines is 2. The number of sulfonamides is 1. The third-order valence-electron chi connectivity index (χ3n) is 2.80. The Bertz CT molecular complexity index is 784. The minimum atomic E-state index is -3.85. The molecule has 0 aliphatic heterocycles.